The molecule has 0 fully saturated rings. The van der Waals surface area contributed by atoms with Gasteiger partial charge in [0.25, 0.3) is 0 Å². The van der Waals surface area contributed by atoms with Gasteiger partial charge in [0.2, 0.25) is 0 Å². The lowest BCUT2D eigenvalue weighted by Crippen LogP contribution is -2.29. The summed E-state index contributed by atoms with van der Waals surface area (Å²) >= 11 is 0. The summed E-state index contributed by atoms with van der Waals surface area (Å²) in [5.41, 5.74) is 0. The summed E-state index contributed by atoms with van der Waals surface area (Å²) in [6.07, 6.45) is 37.0. The van der Waals surface area contributed by atoms with Crippen molar-refractivity contribution in [1.29, 1.82) is 0 Å². The van der Waals surface area contributed by atoms with Gasteiger partial charge in [0.1, 0.15) is 0 Å². The number of hydrogen-bond donors (Lipinski definition) is 1. The van der Waals surface area contributed by atoms with E-state index in [-0.39, 0.29) is 0 Å². The highest BCUT2D eigenvalue weighted by molar-refractivity contribution is 4.64. The Balaban J connectivity index is 3.65. The molecular weight excluding hydrogens is 462 g/mol. The van der Waals surface area contributed by atoms with Crippen molar-refractivity contribution >= 4 is 0 Å². The maximum absolute atomic E-state index is 6.17. The van der Waals surface area contributed by atoms with Gasteiger partial charge in [-0.15, -0.1) is 0 Å². The van der Waals surface area contributed by atoms with Crippen LogP contribution in [-0.4, -0.2) is 26.3 Å². The topological polar surface area (TPSA) is 21.3 Å². The number of rotatable bonds is 33. The van der Waals surface area contributed by atoms with Gasteiger partial charge in [-0.05, 0) is 31.2 Å². The third-order valence-corrected chi connectivity index (χ3v) is 8.20. The molecule has 0 bridgehead atoms. The van der Waals surface area contributed by atoms with Crippen molar-refractivity contribution < 1.29 is 4.74 Å². The maximum Gasteiger partial charge on any atom is 0.0506 e. The summed E-state index contributed by atoms with van der Waals surface area (Å²) in [7, 11) is 0. The maximum atomic E-state index is 6.17. The second kappa shape index (κ2) is 33.1. The molecule has 0 aliphatic rings. The second-order valence-electron chi connectivity index (χ2n) is 12.9. The van der Waals surface area contributed by atoms with Gasteiger partial charge in [0, 0.05) is 13.2 Å². The Morgan fingerprint density at radius 2 is 0.816 bits per heavy atom. The molecule has 0 aliphatic carbocycles. The molecule has 1 unspecified atom stereocenters. The fourth-order valence-electron chi connectivity index (χ4n) is 5.57. The number of unbranched alkanes of at least 4 members (excludes halogenated alkanes) is 23. The van der Waals surface area contributed by atoms with Gasteiger partial charge in [-0.25, -0.2) is 0 Å². The Morgan fingerprint density at radius 1 is 0.447 bits per heavy atom. The molecule has 0 spiro atoms. The van der Waals surface area contributed by atoms with E-state index in [9.17, 15) is 0 Å². The monoisotopic (exact) mass is 538 g/mol. The van der Waals surface area contributed by atoms with E-state index >= 15 is 0 Å². The van der Waals surface area contributed by atoms with Crippen LogP contribution in [0.5, 0.6) is 0 Å². The van der Waals surface area contributed by atoms with Crippen molar-refractivity contribution in [1.82, 2.24) is 5.32 Å². The van der Waals surface area contributed by atoms with Crippen LogP contribution in [0, 0.1) is 11.8 Å². The summed E-state index contributed by atoms with van der Waals surface area (Å²) < 4.78 is 6.17. The fraction of sp³-hybridized carbons (Fsp3) is 1.00. The minimum absolute atomic E-state index is 0.693. The fourth-order valence-corrected chi connectivity index (χ4v) is 5.57. The van der Waals surface area contributed by atoms with Gasteiger partial charge < -0.3 is 10.1 Å². The van der Waals surface area contributed by atoms with Crippen molar-refractivity contribution in [3.05, 3.63) is 0 Å². The van der Waals surface area contributed by atoms with Gasteiger partial charge in [-0.2, -0.15) is 0 Å². The number of hydrogen-bond acceptors (Lipinski definition) is 2. The third kappa shape index (κ3) is 32.1. The molecule has 0 aromatic rings. The van der Waals surface area contributed by atoms with Crippen molar-refractivity contribution in [3.8, 4) is 0 Å². The average molecular weight is 538 g/mol. The Bertz CT molecular complexity index is 410. The summed E-state index contributed by atoms with van der Waals surface area (Å²) in [5, 5.41) is 3.70. The quantitative estimate of drug-likeness (QED) is 0.0840. The lowest BCUT2D eigenvalue weighted by atomic mass is 10.00. The molecule has 0 aromatic heterocycles. The molecule has 38 heavy (non-hydrogen) atoms. The van der Waals surface area contributed by atoms with Gasteiger partial charge in [-0.1, -0.05) is 182 Å². The minimum atomic E-state index is 0.693. The predicted molar refractivity (Wildman–Crippen MR) is 173 cm³/mol. The smallest absolute Gasteiger partial charge is 0.0506 e. The van der Waals surface area contributed by atoms with Gasteiger partial charge >= 0.3 is 0 Å². The first-order valence-corrected chi connectivity index (χ1v) is 18.0. The molecule has 0 heterocycles. The van der Waals surface area contributed by atoms with E-state index in [1.807, 2.05) is 0 Å². The molecule has 0 rings (SSSR count). The zero-order chi connectivity index (χ0) is 27.8. The first kappa shape index (κ1) is 37.9. The lowest BCUT2D eigenvalue weighted by molar-refractivity contribution is 0.0913. The molecule has 1 atom stereocenters. The highest BCUT2D eigenvalue weighted by Gasteiger charge is 2.09. The highest BCUT2D eigenvalue weighted by Crippen LogP contribution is 2.16. The van der Waals surface area contributed by atoms with E-state index in [0.717, 1.165) is 32.2 Å². The van der Waals surface area contributed by atoms with E-state index in [2.05, 4.69) is 33.0 Å². The molecule has 2 heteroatoms. The minimum Gasteiger partial charge on any atom is -0.381 e. The summed E-state index contributed by atoms with van der Waals surface area (Å²) in [6.45, 7) is 13.4. The predicted octanol–water partition coefficient (Wildman–Crippen LogP) is 12.0. The molecule has 1 N–H and O–H groups in total. The molecular formula is C36H75NO. The Labute approximate surface area is 242 Å². The summed E-state index contributed by atoms with van der Waals surface area (Å²) in [6, 6.07) is 0. The van der Waals surface area contributed by atoms with Gasteiger partial charge in [0.05, 0.1) is 6.61 Å². The molecule has 0 aromatic carbocycles. The van der Waals surface area contributed by atoms with Crippen LogP contribution in [0.2, 0.25) is 0 Å². The average Bonchev–Trinajstić information content (AvgIpc) is 2.90. The van der Waals surface area contributed by atoms with Crippen molar-refractivity contribution in [2.75, 3.05) is 26.3 Å². The zero-order valence-corrected chi connectivity index (χ0v) is 27.3. The van der Waals surface area contributed by atoms with Crippen LogP contribution in [0.25, 0.3) is 0 Å². The van der Waals surface area contributed by atoms with Crippen LogP contribution >= 0.6 is 0 Å². The highest BCUT2D eigenvalue weighted by atomic mass is 16.5. The third-order valence-electron chi connectivity index (χ3n) is 8.20. The largest absolute Gasteiger partial charge is 0.381 e. The van der Waals surface area contributed by atoms with Crippen molar-refractivity contribution in [2.45, 2.75) is 195 Å². The van der Waals surface area contributed by atoms with Crippen molar-refractivity contribution in [3.63, 3.8) is 0 Å². The van der Waals surface area contributed by atoms with Gasteiger partial charge in [0.15, 0.2) is 0 Å². The second-order valence-corrected chi connectivity index (χ2v) is 12.9. The van der Waals surface area contributed by atoms with E-state index < -0.39 is 0 Å². The molecule has 0 saturated heterocycles. The standard InChI is InChI=1S/C36H75NO/c1-5-7-9-11-13-15-17-19-20-22-24-26-28-30-36(33-37-32-35(3)4)34-38-31-29-27-25-23-21-18-16-14-12-10-8-6-2/h35-37H,5-34H2,1-4H3. The van der Waals surface area contributed by atoms with Gasteiger partial charge in [-0.3, -0.25) is 0 Å². The SMILES string of the molecule is CCCCCCCCCCCCCCCC(CNCC(C)C)COCCCCCCCCCCCCCC. The van der Waals surface area contributed by atoms with E-state index in [1.165, 1.54) is 167 Å². The van der Waals surface area contributed by atoms with Crippen molar-refractivity contribution in [2.24, 2.45) is 11.8 Å². The molecule has 2 nitrogen and oxygen atoms in total. The summed E-state index contributed by atoms with van der Waals surface area (Å²) in [4.78, 5) is 0. The molecule has 0 amide bonds. The number of nitrogens with one attached hydrogen (secondary N) is 1. The first-order chi connectivity index (χ1) is 18.7. The number of ether oxygens (including phenoxy) is 1. The molecule has 0 radical (unpaired) electrons. The molecule has 0 aliphatic heterocycles. The van der Waals surface area contributed by atoms with E-state index in [0.29, 0.717) is 5.92 Å². The van der Waals surface area contributed by atoms with E-state index in [1.54, 1.807) is 0 Å². The molecule has 230 valence electrons. The van der Waals surface area contributed by atoms with Crippen LogP contribution < -0.4 is 5.32 Å². The van der Waals surface area contributed by atoms with Crippen LogP contribution in [0.4, 0.5) is 0 Å². The molecule has 0 saturated carbocycles. The van der Waals surface area contributed by atoms with Crippen LogP contribution in [0.3, 0.4) is 0 Å². The Hall–Kier alpha value is -0.0800. The normalized spacial score (nSPS) is 12.6. The van der Waals surface area contributed by atoms with Crippen LogP contribution in [-0.2, 0) is 4.74 Å². The lowest BCUT2D eigenvalue weighted by Gasteiger charge is -2.19. The van der Waals surface area contributed by atoms with Crippen LogP contribution in [0.15, 0.2) is 0 Å². The Kier molecular flexibility index (Phi) is 33.1. The zero-order valence-electron chi connectivity index (χ0n) is 27.3. The van der Waals surface area contributed by atoms with E-state index in [4.69, 9.17) is 4.74 Å². The Morgan fingerprint density at radius 3 is 1.21 bits per heavy atom. The van der Waals surface area contributed by atoms with Crippen LogP contribution in [0.1, 0.15) is 195 Å². The first-order valence-electron chi connectivity index (χ1n) is 18.0. The summed E-state index contributed by atoms with van der Waals surface area (Å²) in [5.74, 6) is 1.42.